The van der Waals surface area contributed by atoms with Crippen LogP contribution in [0.5, 0.6) is 0 Å². The van der Waals surface area contributed by atoms with Gasteiger partial charge in [0.25, 0.3) is 5.91 Å². The molecule has 1 aliphatic rings. The molecule has 2 aromatic rings. The SMILES string of the molecule is CCC(=O)c1cc(C(=O)N[C@H]2CC[C@H](O)[C@@H](C)C2)n([C@@H](C)c2cccc(C)c2)n1. The molecule has 6 heteroatoms. The van der Waals surface area contributed by atoms with Crippen LogP contribution in [0, 0.1) is 12.8 Å². The molecule has 1 fully saturated rings. The molecule has 1 aromatic carbocycles. The number of amides is 1. The van der Waals surface area contributed by atoms with E-state index in [0.29, 0.717) is 24.2 Å². The van der Waals surface area contributed by atoms with Gasteiger partial charge in [-0.1, -0.05) is 43.7 Å². The fourth-order valence-corrected chi connectivity index (χ4v) is 4.02. The van der Waals surface area contributed by atoms with E-state index in [4.69, 9.17) is 0 Å². The molecule has 6 nitrogen and oxygen atoms in total. The zero-order valence-corrected chi connectivity index (χ0v) is 17.7. The van der Waals surface area contributed by atoms with E-state index >= 15 is 0 Å². The number of rotatable bonds is 6. The quantitative estimate of drug-likeness (QED) is 0.729. The van der Waals surface area contributed by atoms with Gasteiger partial charge in [0.2, 0.25) is 0 Å². The molecule has 0 spiro atoms. The summed E-state index contributed by atoms with van der Waals surface area (Å²) in [6.45, 7) is 7.81. The van der Waals surface area contributed by atoms with E-state index in [-0.39, 0.29) is 35.8 Å². The van der Waals surface area contributed by atoms with Crippen LogP contribution in [-0.4, -0.2) is 38.7 Å². The molecule has 3 rings (SSSR count). The van der Waals surface area contributed by atoms with Crippen LogP contribution in [0.15, 0.2) is 30.3 Å². The number of ketones is 1. The zero-order chi connectivity index (χ0) is 21.1. The summed E-state index contributed by atoms with van der Waals surface area (Å²) < 4.78 is 1.66. The first-order valence-electron chi connectivity index (χ1n) is 10.5. The van der Waals surface area contributed by atoms with Crippen molar-refractivity contribution in [2.75, 3.05) is 0 Å². The van der Waals surface area contributed by atoms with Crippen molar-refractivity contribution in [3.05, 3.63) is 52.8 Å². The number of hydrogen-bond donors (Lipinski definition) is 2. The van der Waals surface area contributed by atoms with Crippen LogP contribution in [-0.2, 0) is 0 Å². The molecule has 0 aliphatic heterocycles. The van der Waals surface area contributed by atoms with Crippen molar-refractivity contribution in [1.82, 2.24) is 15.1 Å². The molecule has 4 atom stereocenters. The first-order chi connectivity index (χ1) is 13.8. The van der Waals surface area contributed by atoms with Crippen LogP contribution in [0.25, 0.3) is 0 Å². The molecule has 1 amide bonds. The summed E-state index contributed by atoms with van der Waals surface area (Å²) in [5.74, 6) is -0.146. The predicted molar refractivity (Wildman–Crippen MR) is 112 cm³/mol. The van der Waals surface area contributed by atoms with Gasteiger partial charge in [0, 0.05) is 18.5 Å². The second-order valence-electron chi connectivity index (χ2n) is 8.25. The lowest BCUT2D eigenvalue weighted by Gasteiger charge is -2.31. The lowest BCUT2D eigenvalue weighted by atomic mass is 9.84. The van der Waals surface area contributed by atoms with E-state index in [1.165, 1.54) is 0 Å². The van der Waals surface area contributed by atoms with Crippen molar-refractivity contribution >= 4 is 11.7 Å². The van der Waals surface area contributed by atoms with Crippen LogP contribution in [0.1, 0.15) is 84.6 Å². The van der Waals surface area contributed by atoms with Crippen LogP contribution < -0.4 is 5.32 Å². The number of aromatic nitrogens is 2. The molecule has 0 radical (unpaired) electrons. The number of aliphatic hydroxyl groups is 1. The second-order valence-corrected chi connectivity index (χ2v) is 8.25. The second kappa shape index (κ2) is 8.91. The summed E-state index contributed by atoms with van der Waals surface area (Å²) in [5.41, 5.74) is 2.89. The smallest absolute Gasteiger partial charge is 0.269 e. The Morgan fingerprint density at radius 2 is 2.07 bits per heavy atom. The van der Waals surface area contributed by atoms with Crippen LogP contribution >= 0.6 is 0 Å². The van der Waals surface area contributed by atoms with Gasteiger partial charge >= 0.3 is 0 Å². The Morgan fingerprint density at radius 3 is 2.72 bits per heavy atom. The first-order valence-corrected chi connectivity index (χ1v) is 10.5. The minimum atomic E-state index is -0.302. The van der Waals surface area contributed by atoms with Crippen molar-refractivity contribution in [3.8, 4) is 0 Å². The minimum absolute atomic E-state index is 0.0175. The Balaban J connectivity index is 1.89. The normalized spacial score (nSPS) is 22.9. The number of nitrogens with zero attached hydrogens (tertiary/aromatic N) is 2. The highest BCUT2D eigenvalue weighted by atomic mass is 16.3. The molecule has 1 aliphatic carbocycles. The van der Waals surface area contributed by atoms with Gasteiger partial charge in [-0.25, -0.2) is 0 Å². The maximum Gasteiger partial charge on any atom is 0.269 e. The molecule has 29 heavy (non-hydrogen) atoms. The van der Waals surface area contributed by atoms with E-state index in [0.717, 1.165) is 24.0 Å². The van der Waals surface area contributed by atoms with Gasteiger partial charge in [0.05, 0.1) is 12.1 Å². The topological polar surface area (TPSA) is 84.2 Å². The van der Waals surface area contributed by atoms with E-state index in [1.807, 2.05) is 39.0 Å². The summed E-state index contributed by atoms with van der Waals surface area (Å²) in [7, 11) is 0. The van der Waals surface area contributed by atoms with Gasteiger partial charge in [0.15, 0.2) is 5.78 Å². The van der Waals surface area contributed by atoms with Crippen molar-refractivity contribution in [1.29, 1.82) is 0 Å². The molecule has 0 saturated heterocycles. The monoisotopic (exact) mass is 397 g/mol. The van der Waals surface area contributed by atoms with E-state index in [2.05, 4.69) is 16.5 Å². The van der Waals surface area contributed by atoms with E-state index in [9.17, 15) is 14.7 Å². The predicted octanol–water partition coefficient (Wildman–Crippen LogP) is 3.67. The maximum atomic E-state index is 13.1. The van der Waals surface area contributed by atoms with Gasteiger partial charge in [-0.3, -0.25) is 14.3 Å². The van der Waals surface area contributed by atoms with Crippen LogP contribution in [0.2, 0.25) is 0 Å². The third-order valence-corrected chi connectivity index (χ3v) is 5.93. The number of benzene rings is 1. The highest BCUT2D eigenvalue weighted by Crippen LogP contribution is 2.26. The Bertz CT molecular complexity index is 889. The average molecular weight is 398 g/mol. The number of hydrogen-bond acceptors (Lipinski definition) is 4. The van der Waals surface area contributed by atoms with Crippen LogP contribution in [0.4, 0.5) is 0 Å². The molecular formula is C23H31N3O3. The fourth-order valence-electron chi connectivity index (χ4n) is 4.02. The average Bonchev–Trinajstić information content (AvgIpc) is 3.15. The highest BCUT2D eigenvalue weighted by molar-refractivity contribution is 5.98. The zero-order valence-electron chi connectivity index (χ0n) is 17.7. The number of aryl methyl sites for hydroxylation is 1. The summed E-state index contributed by atoms with van der Waals surface area (Å²) >= 11 is 0. The number of Topliss-reactive ketones (excluding diaryl/α,β-unsaturated/α-hetero) is 1. The van der Waals surface area contributed by atoms with Gasteiger partial charge in [-0.15, -0.1) is 0 Å². The molecule has 1 heterocycles. The number of carbonyl (C=O) groups excluding carboxylic acids is 2. The third-order valence-electron chi connectivity index (χ3n) is 5.93. The largest absolute Gasteiger partial charge is 0.393 e. The molecular weight excluding hydrogens is 366 g/mol. The van der Waals surface area contributed by atoms with Crippen molar-refractivity contribution in [3.63, 3.8) is 0 Å². The molecule has 2 N–H and O–H groups in total. The third kappa shape index (κ3) is 4.75. The molecule has 0 bridgehead atoms. The van der Waals surface area contributed by atoms with E-state index < -0.39 is 0 Å². The van der Waals surface area contributed by atoms with Gasteiger partial charge < -0.3 is 10.4 Å². The van der Waals surface area contributed by atoms with Crippen molar-refractivity contribution < 1.29 is 14.7 Å². The summed E-state index contributed by atoms with van der Waals surface area (Å²) in [6, 6.07) is 9.53. The van der Waals surface area contributed by atoms with E-state index in [1.54, 1.807) is 17.7 Å². The lowest BCUT2D eigenvalue weighted by Crippen LogP contribution is -2.42. The maximum absolute atomic E-state index is 13.1. The molecule has 1 aromatic heterocycles. The van der Waals surface area contributed by atoms with Crippen LogP contribution in [0.3, 0.4) is 0 Å². The Labute approximate surface area is 172 Å². The summed E-state index contributed by atoms with van der Waals surface area (Å²) in [6.07, 6.45) is 2.22. The Kier molecular flexibility index (Phi) is 6.52. The van der Waals surface area contributed by atoms with Gasteiger partial charge in [-0.05, 0) is 44.6 Å². The summed E-state index contributed by atoms with van der Waals surface area (Å²) in [5, 5.41) is 17.5. The van der Waals surface area contributed by atoms with Crippen molar-refractivity contribution in [2.24, 2.45) is 5.92 Å². The number of nitrogens with one attached hydrogen (secondary N) is 1. The van der Waals surface area contributed by atoms with Gasteiger partial charge in [0.1, 0.15) is 11.4 Å². The Morgan fingerprint density at radius 1 is 1.31 bits per heavy atom. The highest BCUT2D eigenvalue weighted by Gasteiger charge is 2.29. The number of aliphatic hydroxyl groups excluding tert-OH is 1. The Hall–Kier alpha value is -2.47. The standard InChI is InChI=1S/C23H31N3O3/c1-5-21(27)19-13-20(23(29)24-18-9-10-22(28)15(3)12-18)26(25-19)16(4)17-8-6-7-14(2)11-17/h6-8,11,13,15-16,18,22,28H,5,9-10,12H2,1-4H3,(H,24,29)/t15-,16-,18-,22-/m0/s1. The number of carbonyl (C=O) groups is 2. The van der Waals surface area contributed by atoms with Crippen molar-refractivity contribution in [2.45, 2.75) is 71.6 Å². The fraction of sp³-hybridized carbons (Fsp3) is 0.522. The molecule has 1 saturated carbocycles. The lowest BCUT2D eigenvalue weighted by molar-refractivity contribution is 0.0612. The van der Waals surface area contributed by atoms with Gasteiger partial charge in [-0.2, -0.15) is 5.10 Å². The minimum Gasteiger partial charge on any atom is -0.393 e. The molecule has 0 unspecified atom stereocenters. The summed E-state index contributed by atoms with van der Waals surface area (Å²) in [4.78, 5) is 25.4. The first kappa shape index (κ1) is 21.2. The molecule has 156 valence electrons.